The number of amides is 2. The van der Waals surface area contributed by atoms with E-state index in [1.807, 2.05) is 26.0 Å². The van der Waals surface area contributed by atoms with Crippen LogP contribution in [0.3, 0.4) is 0 Å². The third-order valence-electron chi connectivity index (χ3n) is 5.11. The lowest BCUT2D eigenvalue weighted by Crippen LogP contribution is -3.00. The highest BCUT2D eigenvalue weighted by Gasteiger charge is 2.18. The first-order valence-corrected chi connectivity index (χ1v) is 13.2. The van der Waals surface area contributed by atoms with Gasteiger partial charge in [0.25, 0.3) is 10.0 Å². The molecular weight excluding hydrogens is 543 g/mol. The van der Waals surface area contributed by atoms with Gasteiger partial charge in [-0.1, -0.05) is 47.5 Å². The molecule has 36 heavy (non-hydrogen) atoms. The molecule has 0 fully saturated rings. The molecule has 3 aromatic rings. The maximum atomic E-state index is 12.8. The van der Waals surface area contributed by atoms with E-state index in [1.54, 1.807) is 37.3 Å². The van der Waals surface area contributed by atoms with E-state index in [9.17, 15) is 13.2 Å². The predicted octanol–water partition coefficient (Wildman–Crippen LogP) is 2.24. The number of hydrogen-bond acceptors (Lipinski definition) is 3. The SMILES string of the molecule is C[C@H](NC(=O)Nc1ccc(S(=O)(=O)Nc2ccc(CC(C)(C)[NH3+])cc2)cc1)c1cccc(Cl)c1Cl.[Cl-]. The third-order valence-corrected chi connectivity index (χ3v) is 7.34. The highest BCUT2D eigenvalue weighted by Crippen LogP contribution is 2.29. The van der Waals surface area contributed by atoms with Crippen LogP contribution in [0.5, 0.6) is 0 Å². The molecule has 0 aliphatic rings. The van der Waals surface area contributed by atoms with Gasteiger partial charge in [-0.15, -0.1) is 0 Å². The van der Waals surface area contributed by atoms with Gasteiger partial charge in [-0.05, 0) is 74.4 Å². The van der Waals surface area contributed by atoms with Crippen molar-refractivity contribution in [3.63, 3.8) is 0 Å². The average Bonchev–Trinajstić information content (AvgIpc) is 2.76. The van der Waals surface area contributed by atoms with Crippen LogP contribution in [0, 0.1) is 0 Å². The van der Waals surface area contributed by atoms with Crippen molar-refractivity contribution >= 4 is 50.6 Å². The van der Waals surface area contributed by atoms with E-state index in [0.717, 1.165) is 12.0 Å². The van der Waals surface area contributed by atoms with Crippen molar-refractivity contribution in [2.24, 2.45) is 0 Å². The molecule has 0 radical (unpaired) electrons. The van der Waals surface area contributed by atoms with Crippen LogP contribution >= 0.6 is 23.2 Å². The second-order valence-electron chi connectivity index (χ2n) is 9.13. The maximum Gasteiger partial charge on any atom is 0.319 e. The van der Waals surface area contributed by atoms with Crippen LogP contribution in [0.2, 0.25) is 10.0 Å². The zero-order valence-electron chi connectivity index (χ0n) is 20.1. The fraction of sp³-hybridized carbons (Fsp3) is 0.240. The zero-order valence-corrected chi connectivity index (χ0v) is 23.2. The predicted molar refractivity (Wildman–Crippen MR) is 141 cm³/mol. The Morgan fingerprint density at radius 2 is 1.56 bits per heavy atom. The van der Waals surface area contributed by atoms with Crippen molar-refractivity contribution in [2.45, 2.75) is 43.7 Å². The van der Waals surface area contributed by atoms with E-state index in [1.165, 1.54) is 24.3 Å². The van der Waals surface area contributed by atoms with Crippen LogP contribution in [-0.2, 0) is 16.4 Å². The van der Waals surface area contributed by atoms with Gasteiger partial charge in [0.1, 0.15) is 0 Å². The molecule has 2 amide bonds. The summed E-state index contributed by atoms with van der Waals surface area (Å²) in [5, 5.41) is 6.25. The monoisotopic (exact) mass is 570 g/mol. The first kappa shape index (κ1) is 29.7. The minimum Gasteiger partial charge on any atom is -1.00 e. The molecule has 0 bridgehead atoms. The number of benzene rings is 3. The molecule has 1 atom stereocenters. The minimum absolute atomic E-state index is 0. The van der Waals surface area contributed by atoms with E-state index in [-0.39, 0.29) is 22.8 Å². The van der Waals surface area contributed by atoms with Gasteiger partial charge in [-0.25, -0.2) is 13.2 Å². The number of nitrogens with one attached hydrogen (secondary N) is 3. The quantitative estimate of drug-likeness (QED) is 0.332. The lowest BCUT2D eigenvalue weighted by Gasteiger charge is -2.17. The van der Waals surface area contributed by atoms with Gasteiger partial charge in [-0.2, -0.15) is 0 Å². The van der Waals surface area contributed by atoms with Crippen LogP contribution < -0.4 is 33.5 Å². The Balaban J connectivity index is 0.00000456. The first-order valence-electron chi connectivity index (χ1n) is 10.9. The number of hydrogen-bond donors (Lipinski definition) is 4. The summed E-state index contributed by atoms with van der Waals surface area (Å²) in [7, 11) is -3.79. The van der Waals surface area contributed by atoms with Crippen LogP contribution in [0.15, 0.2) is 71.6 Å². The average molecular weight is 572 g/mol. The van der Waals surface area contributed by atoms with E-state index < -0.39 is 22.1 Å². The van der Waals surface area contributed by atoms with Crippen LogP contribution in [0.4, 0.5) is 16.2 Å². The van der Waals surface area contributed by atoms with Gasteiger partial charge in [0.05, 0.1) is 26.5 Å². The van der Waals surface area contributed by atoms with Gasteiger partial charge in [-0.3, -0.25) is 4.72 Å². The Kier molecular flexibility index (Phi) is 10.0. The normalized spacial score (nSPS) is 12.3. The lowest BCUT2D eigenvalue weighted by molar-refractivity contribution is -0.465. The van der Waals surface area contributed by atoms with Crippen molar-refractivity contribution < 1.29 is 31.4 Å². The molecule has 0 aliphatic carbocycles. The molecule has 7 nitrogen and oxygen atoms in total. The molecule has 6 N–H and O–H groups in total. The van der Waals surface area contributed by atoms with E-state index in [4.69, 9.17) is 23.2 Å². The number of quaternary nitrogens is 1. The summed E-state index contributed by atoms with van der Waals surface area (Å²) in [5.41, 5.74) is 6.65. The molecule has 0 aliphatic heterocycles. The number of carbonyl (C=O) groups is 1. The Hall–Kier alpha value is -2.49. The molecule has 0 spiro atoms. The summed E-state index contributed by atoms with van der Waals surface area (Å²) in [6.07, 6.45) is 0.785. The van der Waals surface area contributed by atoms with Crippen LogP contribution in [0.25, 0.3) is 0 Å². The summed E-state index contributed by atoms with van der Waals surface area (Å²) in [4.78, 5) is 12.5. The van der Waals surface area contributed by atoms with Crippen molar-refractivity contribution in [1.29, 1.82) is 0 Å². The summed E-state index contributed by atoms with van der Waals surface area (Å²) >= 11 is 12.3. The zero-order chi connectivity index (χ0) is 25.8. The highest BCUT2D eigenvalue weighted by molar-refractivity contribution is 7.92. The smallest absolute Gasteiger partial charge is 0.319 e. The molecular formula is C25H29Cl3N4O3S. The van der Waals surface area contributed by atoms with E-state index >= 15 is 0 Å². The standard InChI is InChI=1S/C25H28Cl2N4O3S.ClH/c1-16(21-5-4-6-22(26)23(21)27)29-24(32)30-18-11-13-20(14-12-18)35(33,34)31-19-9-7-17(8-10-19)15-25(2,3)28;/h4-14,16,31H,15,28H2,1-3H3,(H2,29,30,32);1H/t16-;/m0./s1. The summed E-state index contributed by atoms with van der Waals surface area (Å²) < 4.78 is 28.1. The molecule has 0 saturated carbocycles. The van der Waals surface area contributed by atoms with Gasteiger partial charge < -0.3 is 28.8 Å². The number of halogens is 3. The second-order valence-corrected chi connectivity index (χ2v) is 11.6. The molecule has 3 rings (SSSR count). The molecule has 194 valence electrons. The van der Waals surface area contributed by atoms with Crippen molar-refractivity contribution in [2.75, 3.05) is 10.0 Å². The van der Waals surface area contributed by atoms with Gasteiger partial charge >= 0.3 is 6.03 Å². The highest BCUT2D eigenvalue weighted by atomic mass is 35.5. The topological polar surface area (TPSA) is 115 Å². The van der Waals surface area contributed by atoms with E-state index in [0.29, 0.717) is 27.0 Å². The van der Waals surface area contributed by atoms with Gasteiger partial charge in [0.2, 0.25) is 0 Å². The minimum atomic E-state index is -3.79. The molecule has 0 aromatic heterocycles. The Bertz CT molecular complexity index is 1290. The lowest BCUT2D eigenvalue weighted by atomic mass is 9.96. The Morgan fingerprint density at radius 1 is 0.972 bits per heavy atom. The van der Waals surface area contributed by atoms with Crippen LogP contribution in [0.1, 0.15) is 37.9 Å². The van der Waals surface area contributed by atoms with Crippen molar-refractivity contribution in [3.8, 4) is 0 Å². The number of anilines is 2. The number of sulfonamides is 1. The summed E-state index contributed by atoms with van der Waals surface area (Å²) in [6, 6.07) is 17.5. The molecule has 0 saturated heterocycles. The first-order chi connectivity index (χ1) is 16.3. The van der Waals surface area contributed by atoms with Crippen LogP contribution in [-0.4, -0.2) is 20.0 Å². The third kappa shape index (κ3) is 8.28. The number of rotatable bonds is 8. The Morgan fingerprint density at radius 3 is 2.14 bits per heavy atom. The van der Waals surface area contributed by atoms with Crippen molar-refractivity contribution in [3.05, 3.63) is 87.9 Å². The maximum absolute atomic E-state index is 12.8. The molecule has 0 unspecified atom stereocenters. The fourth-order valence-corrected chi connectivity index (χ4v) is 5.00. The summed E-state index contributed by atoms with van der Waals surface area (Å²) in [6.45, 7) is 5.87. The second kappa shape index (κ2) is 12.2. The van der Waals surface area contributed by atoms with Crippen molar-refractivity contribution in [1.82, 2.24) is 5.32 Å². The number of urea groups is 1. The van der Waals surface area contributed by atoms with Gasteiger partial charge in [0, 0.05) is 17.8 Å². The fourth-order valence-electron chi connectivity index (χ4n) is 3.47. The summed E-state index contributed by atoms with van der Waals surface area (Å²) in [5.74, 6) is 0. The number of carbonyl (C=O) groups excluding carboxylic acids is 1. The Labute approximate surface area is 228 Å². The molecule has 11 heteroatoms. The molecule has 3 aromatic carbocycles. The van der Waals surface area contributed by atoms with E-state index in [2.05, 4.69) is 21.1 Å². The van der Waals surface area contributed by atoms with Gasteiger partial charge in [0.15, 0.2) is 0 Å². The molecule has 0 heterocycles. The largest absolute Gasteiger partial charge is 1.00 e.